The fourth-order valence-corrected chi connectivity index (χ4v) is 2.21. The van der Waals surface area contributed by atoms with E-state index in [0.29, 0.717) is 24.6 Å². The highest BCUT2D eigenvalue weighted by molar-refractivity contribution is 5.14. The largest absolute Gasteiger partial charge is 0.339 e. The minimum atomic E-state index is 0.0456. The van der Waals surface area contributed by atoms with Crippen molar-refractivity contribution >= 4 is 0 Å². The molecule has 5 heteroatoms. The minimum Gasteiger partial charge on any atom is -0.339 e. The summed E-state index contributed by atoms with van der Waals surface area (Å²) < 4.78 is 5.27. The summed E-state index contributed by atoms with van der Waals surface area (Å²) in [7, 11) is 0. The average molecular weight is 274 g/mol. The Kier molecular flexibility index (Phi) is 4.49. The van der Waals surface area contributed by atoms with Gasteiger partial charge < -0.3 is 10.3 Å². The maximum absolute atomic E-state index is 6.12. The lowest BCUT2D eigenvalue weighted by molar-refractivity contribution is 0.312. The van der Waals surface area contributed by atoms with Gasteiger partial charge in [-0.2, -0.15) is 4.98 Å². The van der Waals surface area contributed by atoms with E-state index < -0.39 is 0 Å². The Balaban J connectivity index is 1.92. The lowest BCUT2D eigenvalue weighted by atomic mass is 9.87. The normalized spacial score (nSPS) is 13.4. The third-order valence-electron chi connectivity index (χ3n) is 2.93. The summed E-state index contributed by atoms with van der Waals surface area (Å²) in [4.78, 5) is 8.38. The molecule has 5 nitrogen and oxygen atoms in total. The van der Waals surface area contributed by atoms with E-state index in [-0.39, 0.29) is 11.5 Å². The Morgan fingerprint density at radius 1 is 1.25 bits per heavy atom. The summed E-state index contributed by atoms with van der Waals surface area (Å²) in [5.74, 6) is 1.31. The van der Waals surface area contributed by atoms with Gasteiger partial charge in [0.1, 0.15) is 0 Å². The van der Waals surface area contributed by atoms with Crippen molar-refractivity contribution in [2.45, 2.75) is 46.1 Å². The lowest BCUT2D eigenvalue weighted by Crippen LogP contribution is -2.28. The topological polar surface area (TPSA) is 77.8 Å². The molecule has 0 aliphatic heterocycles. The highest BCUT2D eigenvalue weighted by Crippen LogP contribution is 2.21. The van der Waals surface area contributed by atoms with Crippen molar-refractivity contribution in [2.75, 3.05) is 0 Å². The zero-order valence-electron chi connectivity index (χ0n) is 12.3. The monoisotopic (exact) mass is 274 g/mol. The van der Waals surface area contributed by atoms with Gasteiger partial charge in [0.15, 0.2) is 5.82 Å². The van der Waals surface area contributed by atoms with Gasteiger partial charge in [-0.25, -0.2) is 0 Å². The number of pyridine rings is 1. The zero-order chi connectivity index (χ0) is 14.6. The zero-order valence-corrected chi connectivity index (χ0v) is 12.3. The van der Waals surface area contributed by atoms with Crippen LogP contribution in [-0.2, 0) is 12.8 Å². The van der Waals surface area contributed by atoms with Crippen LogP contribution in [0.2, 0.25) is 0 Å². The van der Waals surface area contributed by atoms with Crippen molar-refractivity contribution in [1.29, 1.82) is 0 Å². The maximum Gasteiger partial charge on any atom is 0.228 e. The highest BCUT2D eigenvalue weighted by atomic mass is 16.5. The molecule has 0 amide bonds. The predicted molar refractivity (Wildman–Crippen MR) is 77.1 cm³/mol. The van der Waals surface area contributed by atoms with Gasteiger partial charge in [0.2, 0.25) is 5.89 Å². The molecule has 0 fully saturated rings. The molecule has 108 valence electrons. The van der Waals surface area contributed by atoms with Gasteiger partial charge in [-0.3, -0.25) is 4.98 Å². The first-order valence-electron chi connectivity index (χ1n) is 6.88. The molecule has 0 aliphatic carbocycles. The van der Waals surface area contributed by atoms with Crippen molar-refractivity contribution in [3.8, 4) is 0 Å². The fraction of sp³-hybridized carbons (Fsp3) is 0.533. The van der Waals surface area contributed by atoms with Crippen molar-refractivity contribution in [3.63, 3.8) is 0 Å². The molecule has 1 unspecified atom stereocenters. The van der Waals surface area contributed by atoms with E-state index >= 15 is 0 Å². The van der Waals surface area contributed by atoms with Crippen LogP contribution in [0.4, 0.5) is 0 Å². The second-order valence-electron chi connectivity index (χ2n) is 6.37. The van der Waals surface area contributed by atoms with Crippen LogP contribution in [0, 0.1) is 5.41 Å². The Labute approximate surface area is 119 Å². The Morgan fingerprint density at radius 2 is 1.95 bits per heavy atom. The molecule has 2 aromatic rings. The molecule has 2 N–H and O–H groups in total. The summed E-state index contributed by atoms with van der Waals surface area (Å²) in [5, 5.41) is 4.00. The minimum absolute atomic E-state index is 0.0456. The van der Waals surface area contributed by atoms with Crippen LogP contribution >= 0.6 is 0 Å². The van der Waals surface area contributed by atoms with Crippen LogP contribution in [-0.4, -0.2) is 21.2 Å². The van der Waals surface area contributed by atoms with E-state index in [1.54, 1.807) is 12.4 Å². The molecule has 2 aromatic heterocycles. The van der Waals surface area contributed by atoms with Crippen LogP contribution in [0.3, 0.4) is 0 Å². The smallest absolute Gasteiger partial charge is 0.228 e. The van der Waals surface area contributed by atoms with E-state index in [2.05, 4.69) is 35.9 Å². The number of nitrogens with zero attached hydrogens (tertiary/aromatic N) is 3. The van der Waals surface area contributed by atoms with Crippen LogP contribution in [0.25, 0.3) is 0 Å². The predicted octanol–water partition coefficient (Wildman–Crippen LogP) is 2.36. The molecule has 0 aliphatic rings. The van der Waals surface area contributed by atoms with Gasteiger partial charge in [0.05, 0.1) is 0 Å². The number of hydrogen-bond donors (Lipinski definition) is 1. The first-order valence-corrected chi connectivity index (χ1v) is 6.88. The van der Waals surface area contributed by atoms with Crippen LogP contribution in [0.15, 0.2) is 29.0 Å². The van der Waals surface area contributed by atoms with Gasteiger partial charge in [0, 0.05) is 31.3 Å². The van der Waals surface area contributed by atoms with E-state index in [1.165, 1.54) is 0 Å². The standard InChI is InChI=1S/C15H22N4O/c1-15(2,3)10-12(16)9-14-18-13(19-20-14)8-11-4-6-17-7-5-11/h4-7,12H,8-10,16H2,1-3H3. The fourth-order valence-electron chi connectivity index (χ4n) is 2.21. The summed E-state index contributed by atoms with van der Waals surface area (Å²) in [6, 6.07) is 3.94. The molecule has 0 spiro atoms. The van der Waals surface area contributed by atoms with Gasteiger partial charge in [-0.15, -0.1) is 0 Å². The van der Waals surface area contributed by atoms with Gasteiger partial charge >= 0.3 is 0 Å². The molecule has 0 saturated carbocycles. The quantitative estimate of drug-likeness (QED) is 0.905. The first kappa shape index (κ1) is 14.7. The molecular weight excluding hydrogens is 252 g/mol. The summed E-state index contributed by atoms with van der Waals surface area (Å²) in [5.41, 5.74) is 7.44. The Bertz CT molecular complexity index is 530. The molecule has 2 heterocycles. The molecule has 2 rings (SSSR count). The van der Waals surface area contributed by atoms with Gasteiger partial charge in [0.25, 0.3) is 0 Å². The number of hydrogen-bond acceptors (Lipinski definition) is 5. The Hall–Kier alpha value is -1.75. The molecule has 0 saturated heterocycles. The molecular formula is C15H22N4O. The van der Waals surface area contributed by atoms with Crippen LogP contribution in [0.1, 0.15) is 44.5 Å². The maximum atomic E-state index is 6.12. The van der Waals surface area contributed by atoms with Crippen LogP contribution < -0.4 is 5.73 Å². The number of rotatable bonds is 5. The lowest BCUT2D eigenvalue weighted by Gasteiger charge is -2.21. The third-order valence-corrected chi connectivity index (χ3v) is 2.93. The third kappa shape index (κ3) is 4.74. The van der Waals surface area contributed by atoms with Crippen molar-refractivity contribution in [3.05, 3.63) is 41.8 Å². The molecule has 0 radical (unpaired) electrons. The van der Waals surface area contributed by atoms with Gasteiger partial charge in [-0.05, 0) is 29.5 Å². The summed E-state index contributed by atoms with van der Waals surface area (Å²) in [6.45, 7) is 6.53. The van der Waals surface area contributed by atoms with Crippen molar-refractivity contribution in [1.82, 2.24) is 15.1 Å². The van der Waals surface area contributed by atoms with E-state index in [0.717, 1.165) is 12.0 Å². The second kappa shape index (κ2) is 6.13. The van der Waals surface area contributed by atoms with Gasteiger partial charge in [-0.1, -0.05) is 25.9 Å². The highest BCUT2D eigenvalue weighted by Gasteiger charge is 2.18. The van der Waals surface area contributed by atoms with Crippen molar-refractivity contribution < 1.29 is 4.52 Å². The Morgan fingerprint density at radius 3 is 2.60 bits per heavy atom. The van der Waals surface area contributed by atoms with E-state index in [1.807, 2.05) is 12.1 Å². The van der Waals surface area contributed by atoms with Crippen molar-refractivity contribution in [2.24, 2.45) is 11.1 Å². The van der Waals surface area contributed by atoms with Crippen LogP contribution in [0.5, 0.6) is 0 Å². The van der Waals surface area contributed by atoms with E-state index in [9.17, 15) is 0 Å². The average Bonchev–Trinajstić information content (AvgIpc) is 2.75. The number of nitrogens with two attached hydrogens (primary N) is 1. The summed E-state index contributed by atoms with van der Waals surface area (Å²) in [6.07, 6.45) is 5.72. The molecule has 20 heavy (non-hydrogen) atoms. The molecule has 1 atom stereocenters. The SMILES string of the molecule is CC(C)(C)CC(N)Cc1nc(Cc2ccncc2)no1. The molecule has 0 bridgehead atoms. The number of aromatic nitrogens is 3. The second-order valence-corrected chi connectivity index (χ2v) is 6.37. The van der Waals surface area contributed by atoms with E-state index in [4.69, 9.17) is 10.3 Å². The first-order chi connectivity index (χ1) is 9.42. The summed E-state index contributed by atoms with van der Waals surface area (Å²) >= 11 is 0. The molecule has 0 aromatic carbocycles.